The number of thiocarbonyl (C=S) groups is 1. The van der Waals surface area contributed by atoms with E-state index < -0.39 is 0 Å². The van der Waals surface area contributed by atoms with Gasteiger partial charge >= 0.3 is 0 Å². The highest BCUT2D eigenvalue weighted by molar-refractivity contribution is 9.10. The van der Waals surface area contributed by atoms with E-state index in [4.69, 9.17) is 22.1 Å². The topological polar surface area (TPSA) is 47.4 Å². The van der Waals surface area contributed by atoms with Gasteiger partial charge in [0.2, 0.25) is 0 Å². The minimum atomic E-state index is -0.0192. The quantitative estimate of drug-likeness (QED) is 0.180. The second kappa shape index (κ2) is 12.2. The van der Waals surface area contributed by atoms with Gasteiger partial charge < -0.3 is 4.74 Å². The third-order valence-corrected chi connectivity index (χ3v) is 8.33. The Balaban J connectivity index is 1.70. The number of ether oxygens (including phenoxy) is 1. The number of thioether (sulfide) groups is 1. The van der Waals surface area contributed by atoms with Crippen molar-refractivity contribution in [3.8, 4) is 22.7 Å². The van der Waals surface area contributed by atoms with E-state index in [9.17, 15) is 4.79 Å². The molecular formula is C28H30BrN3O2S2. The van der Waals surface area contributed by atoms with Crippen LogP contribution in [0.5, 0.6) is 5.75 Å². The van der Waals surface area contributed by atoms with Crippen LogP contribution in [0.4, 0.5) is 0 Å². The summed E-state index contributed by atoms with van der Waals surface area (Å²) in [4.78, 5) is 15.8. The Morgan fingerprint density at radius 3 is 2.64 bits per heavy atom. The van der Waals surface area contributed by atoms with E-state index in [2.05, 4.69) is 29.8 Å². The van der Waals surface area contributed by atoms with Gasteiger partial charge in [0, 0.05) is 23.9 Å². The molecular weight excluding hydrogens is 554 g/mol. The normalized spacial score (nSPS) is 15.7. The fourth-order valence-electron chi connectivity index (χ4n) is 4.22. The molecule has 0 radical (unpaired) electrons. The Morgan fingerprint density at radius 1 is 1.19 bits per heavy atom. The van der Waals surface area contributed by atoms with E-state index in [0.29, 0.717) is 21.7 Å². The maximum absolute atomic E-state index is 13.4. The molecule has 5 nitrogen and oxygen atoms in total. The largest absolute Gasteiger partial charge is 0.496 e. The van der Waals surface area contributed by atoms with Gasteiger partial charge in [0.1, 0.15) is 15.8 Å². The molecule has 1 amide bonds. The van der Waals surface area contributed by atoms with Crippen LogP contribution in [-0.2, 0) is 4.79 Å². The highest BCUT2D eigenvalue weighted by atomic mass is 79.9. The molecule has 1 aromatic heterocycles. The van der Waals surface area contributed by atoms with Crippen LogP contribution in [0.1, 0.15) is 45.1 Å². The van der Waals surface area contributed by atoms with Crippen LogP contribution in [0, 0.1) is 5.92 Å². The first kappa shape index (κ1) is 26.6. The maximum atomic E-state index is 13.4. The number of unbranched alkanes of at least 4 members (excludes halogenated alkanes) is 1. The standard InChI is InChI=1S/C28H30BrN3O2S2/c1-4-6-10-19(5-2)17-31-27(33)25(36-28(31)35)16-21-18-32(22-11-8-7-9-12-22)30-26(21)20-13-14-24(34-3)23(29)15-20/h7-9,11-16,18-19H,4-6,10,17H2,1-3H3/b25-16+/t19-/m0/s1. The Morgan fingerprint density at radius 2 is 1.97 bits per heavy atom. The van der Waals surface area contributed by atoms with Crippen molar-refractivity contribution >= 4 is 56.2 Å². The molecule has 4 rings (SSSR count). The molecule has 1 aliphatic rings. The number of carbonyl (C=O) groups is 1. The molecule has 1 fully saturated rings. The lowest BCUT2D eigenvalue weighted by atomic mass is 9.99. The van der Waals surface area contributed by atoms with E-state index in [-0.39, 0.29) is 5.91 Å². The summed E-state index contributed by atoms with van der Waals surface area (Å²) in [5.74, 6) is 1.19. The minimum absolute atomic E-state index is 0.0192. The molecule has 2 heterocycles. The monoisotopic (exact) mass is 583 g/mol. The zero-order valence-corrected chi connectivity index (χ0v) is 24.0. The second-order valence-corrected chi connectivity index (χ2v) is 11.3. The summed E-state index contributed by atoms with van der Waals surface area (Å²) in [7, 11) is 1.64. The Labute approximate surface area is 231 Å². The number of nitrogens with zero attached hydrogens (tertiary/aromatic N) is 3. The van der Waals surface area contributed by atoms with E-state index >= 15 is 0 Å². The number of methoxy groups -OCH3 is 1. The van der Waals surface area contributed by atoms with Crippen LogP contribution in [0.3, 0.4) is 0 Å². The fraction of sp³-hybridized carbons (Fsp3) is 0.321. The lowest BCUT2D eigenvalue weighted by Crippen LogP contribution is -2.33. The van der Waals surface area contributed by atoms with E-state index in [1.54, 1.807) is 12.0 Å². The first-order valence-electron chi connectivity index (χ1n) is 12.2. The van der Waals surface area contributed by atoms with Gasteiger partial charge in [-0.15, -0.1) is 0 Å². The van der Waals surface area contributed by atoms with Crippen LogP contribution in [0.2, 0.25) is 0 Å². The van der Waals surface area contributed by atoms with Crippen molar-refractivity contribution in [2.24, 2.45) is 5.92 Å². The predicted molar refractivity (Wildman–Crippen MR) is 156 cm³/mol. The lowest BCUT2D eigenvalue weighted by Gasteiger charge is -2.21. The van der Waals surface area contributed by atoms with Crippen LogP contribution in [-0.4, -0.2) is 38.6 Å². The van der Waals surface area contributed by atoms with E-state index in [1.165, 1.54) is 18.2 Å². The Kier molecular flexibility index (Phi) is 9.04. The van der Waals surface area contributed by atoms with Gasteiger partial charge in [-0.05, 0) is 64.7 Å². The molecule has 36 heavy (non-hydrogen) atoms. The first-order chi connectivity index (χ1) is 17.4. The van der Waals surface area contributed by atoms with Gasteiger partial charge in [0.05, 0.1) is 22.2 Å². The summed E-state index contributed by atoms with van der Waals surface area (Å²) in [5.41, 5.74) is 3.50. The molecule has 8 heteroatoms. The first-order valence-corrected chi connectivity index (χ1v) is 14.2. The number of amides is 1. The van der Waals surface area contributed by atoms with Crippen LogP contribution in [0.25, 0.3) is 23.0 Å². The average molecular weight is 585 g/mol. The third kappa shape index (κ3) is 5.93. The average Bonchev–Trinajstić information content (AvgIpc) is 3.43. The van der Waals surface area contributed by atoms with Crippen molar-refractivity contribution in [2.75, 3.05) is 13.7 Å². The van der Waals surface area contributed by atoms with Gasteiger partial charge in [-0.3, -0.25) is 9.69 Å². The van der Waals surface area contributed by atoms with Crippen molar-refractivity contribution in [1.29, 1.82) is 0 Å². The molecule has 0 unspecified atom stereocenters. The molecule has 0 bridgehead atoms. The minimum Gasteiger partial charge on any atom is -0.496 e. The highest BCUT2D eigenvalue weighted by Crippen LogP contribution is 2.37. The maximum Gasteiger partial charge on any atom is 0.266 e. The van der Waals surface area contributed by atoms with Crippen molar-refractivity contribution in [1.82, 2.24) is 14.7 Å². The van der Waals surface area contributed by atoms with Crippen LogP contribution in [0.15, 0.2) is 64.1 Å². The van der Waals surface area contributed by atoms with Crippen molar-refractivity contribution in [2.45, 2.75) is 39.5 Å². The second-order valence-electron chi connectivity index (χ2n) is 8.77. The SMILES string of the molecule is CCCC[C@H](CC)CN1C(=O)/C(=C\c2cn(-c3ccccc3)nc2-c2ccc(OC)c(Br)c2)SC1=S. The van der Waals surface area contributed by atoms with E-state index in [0.717, 1.165) is 52.0 Å². The lowest BCUT2D eigenvalue weighted by molar-refractivity contribution is -0.122. The number of benzene rings is 2. The number of hydrogen-bond donors (Lipinski definition) is 0. The summed E-state index contributed by atoms with van der Waals surface area (Å²) in [6.45, 7) is 5.06. The molecule has 1 saturated heterocycles. The van der Waals surface area contributed by atoms with Crippen LogP contribution < -0.4 is 4.74 Å². The van der Waals surface area contributed by atoms with Crippen molar-refractivity contribution in [3.05, 3.63) is 69.7 Å². The molecule has 1 aliphatic heterocycles. The molecule has 188 valence electrons. The molecule has 1 atom stereocenters. The summed E-state index contributed by atoms with van der Waals surface area (Å²) in [6, 6.07) is 15.8. The summed E-state index contributed by atoms with van der Waals surface area (Å²) in [6.07, 6.45) is 8.37. The Bertz CT molecular complexity index is 1270. The highest BCUT2D eigenvalue weighted by Gasteiger charge is 2.33. The number of hydrogen-bond acceptors (Lipinski definition) is 5. The van der Waals surface area contributed by atoms with Crippen LogP contribution >= 0.6 is 39.9 Å². The summed E-state index contributed by atoms with van der Waals surface area (Å²) < 4.78 is 8.71. The smallest absolute Gasteiger partial charge is 0.266 e. The molecule has 0 spiro atoms. The van der Waals surface area contributed by atoms with Gasteiger partial charge in [0.15, 0.2) is 0 Å². The van der Waals surface area contributed by atoms with Gasteiger partial charge in [0.25, 0.3) is 5.91 Å². The van der Waals surface area contributed by atoms with Crippen molar-refractivity contribution < 1.29 is 9.53 Å². The van der Waals surface area contributed by atoms with Gasteiger partial charge in [-0.25, -0.2) is 4.68 Å². The van der Waals surface area contributed by atoms with Gasteiger partial charge in [-0.2, -0.15) is 5.10 Å². The summed E-state index contributed by atoms with van der Waals surface area (Å²) in [5, 5.41) is 4.89. The Hall–Kier alpha value is -2.42. The predicted octanol–water partition coefficient (Wildman–Crippen LogP) is 7.73. The van der Waals surface area contributed by atoms with E-state index in [1.807, 2.05) is 65.5 Å². The zero-order chi connectivity index (χ0) is 25.7. The number of halogens is 1. The molecule has 0 saturated carbocycles. The molecule has 0 aliphatic carbocycles. The third-order valence-electron chi connectivity index (χ3n) is 6.33. The number of carbonyl (C=O) groups excluding carboxylic acids is 1. The molecule has 3 aromatic rings. The molecule has 0 N–H and O–H groups in total. The van der Waals surface area contributed by atoms with Crippen molar-refractivity contribution in [3.63, 3.8) is 0 Å². The molecule has 2 aromatic carbocycles. The zero-order valence-electron chi connectivity index (χ0n) is 20.7. The fourth-order valence-corrected chi connectivity index (χ4v) is 6.02. The number of para-hydroxylation sites is 1. The number of rotatable bonds is 10. The van der Waals surface area contributed by atoms with Gasteiger partial charge in [-0.1, -0.05) is 75.3 Å². The number of aromatic nitrogens is 2. The summed E-state index contributed by atoms with van der Waals surface area (Å²) >= 11 is 10.6.